The number of hydrogen-bond donors (Lipinski definition) is 3. The molecule has 1 rings (SSSR count). The smallest absolute Gasteiger partial charge is 0.339 e. The molecule has 0 aliphatic carbocycles. The second kappa shape index (κ2) is 7.70. The summed E-state index contributed by atoms with van der Waals surface area (Å²) in [7, 11) is 1.54. The van der Waals surface area contributed by atoms with Gasteiger partial charge in [-0.15, -0.1) is 0 Å². The van der Waals surface area contributed by atoms with Gasteiger partial charge in [-0.3, -0.25) is 4.79 Å². The van der Waals surface area contributed by atoms with Gasteiger partial charge in [0.25, 0.3) is 0 Å². The Morgan fingerprint density at radius 2 is 2.26 bits per heavy atom. The Morgan fingerprint density at radius 1 is 1.53 bits per heavy atom. The Hall–Kier alpha value is -1.67. The van der Waals surface area contributed by atoms with Crippen molar-refractivity contribution >= 4 is 33.6 Å². The molecule has 0 saturated carbocycles. The lowest BCUT2D eigenvalue weighted by molar-refractivity contribution is -0.119. The van der Waals surface area contributed by atoms with Crippen molar-refractivity contribution in [2.75, 3.05) is 32.1 Å². The summed E-state index contributed by atoms with van der Waals surface area (Å²) in [5.74, 6) is -1.23. The van der Waals surface area contributed by atoms with Gasteiger partial charge in [0.1, 0.15) is 11.4 Å². The quantitative estimate of drug-likeness (QED) is 0.636. The van der Waals surface area contributed by atoms with Gasteiger partial charge in [0, 0.05) is 24.3 Å². The zero-order chi connectivity index (χ0) is 14.3. The molecule has 1 amide bonds. The average molecular weight is 332 g/mol. The zero-order valence-corrected chi connectivity index (χ0v) is 11.9. The average Bonchev–Trinajstić information content (AvgIpc) is 2.37. The van der Waals surface area contributed by atoms with Gasteiger partial charge in [-0.25, -0.2) is 9.78 Å². The normalized spacial score (nSPS) is 10.0. The molecule has 1 heterocycles. The van der Waals surface area contributed by atoms with Gasteiger partial charge >= 0.3 is 5.97 Å². The number of methoxy groups -OCH3 is 1. The van der Waals surface area contributed by atoms with E-state index in [0.29, 0.717) is 17.6 Å². The first-order valence-corrected chi connectivity index (χ1v) is 6.22. The fourth-order valence-corrected chi connectivity index (χ4v) is 1.59. The molecule has 0 bridgehead atoms. The molecule has 0 atom stereocenters. The van der Waals surface area contributed by atoms with Crippen LogP contribution in [0.1, 0.15) is 10.4 Å². The molecule has 0 spiro atoms. The minimum absolute atomic E-state index is 0.000864. The molecule has 0 aromatic carbocycles. The molecule has 0 saturated heterocycles. The van der Waals surface area contributed by atoms with Gasteiger partial charge in [0.05, 0.1) is 13.2 Å². The van der Waals surface area contributed by atoms with E-state index in [9.17, 15) is 9.59 Å². The Bertz CT molecular complexity index is 467. The number of carbonyl (C=O) groups is 2. The summed E-state index contributed by atoms with van der Waals surface area (Å²) in [4.78, 5) is 26.4. The fourth-order valence-electron chi connectivity index (χ4n) is 1.26. The van der Waals surface area contributed by atoms with Gasteiger partial charge in [0.15, 0.2) is 0 Å². The summed E-state index contributed by atoms with van der Waals surface area (Å²) in [6.45, 7) is 0.762. The minimum Gasteiger partial charge on any atom is -0.478 e. The maximum absolute atomic E-state index is 11.4. The topological polar surface area (TPSA) is 101 Å². The van der Waals surface area contributed by atoms with Gasteiger partial charge in [-0.1, -0.05) is 0 Å². The lowest BCUT2D eigenvalue weighted by Gasteiger charge is -2.09. The van der Waals surface area contributed by atoms with Crippen LogP contribution in [0.3, 0.4) is 0 Å². The van der Waals surface area contributed by atoms with E-state index in [1.165, 1.54) is 19.4 Å². The summed E-state index contributed by atoms with van der Waals surface area (Å²) >= 11 is 3.14. The Labute approximate surface area is 118 Å². The maximum atomic E-state index is 11.4. The predicted octanol–water partition coefficient (Wildman–Crippen LogP) is 0.717. The monoisotopic (exact) mass is 331 g/mol. The van der Waals surface area contributed by atoms with Crippen molar-refractivity contribution in [1.82, 2.24) is 10.3 Å². The van der Waals surface area contributed by atoms with Crippen molar-refractivity contribution in [2.24, 2.45) is 0 Å². The molecule has 3 N–H and O–H groups in total. The van der Waals surface area contributed by atoms with E-state index >= 15 is 0 Å². The highest BCUT2D eigenvalue weighted by atomic mass is 79.9. The van der Waals surface area contributed by atoms with E-state index in [4.69, 9.17) is 9.84 Å². The number of ether oxygens (including phenoxy) is 1. The number of carbonyl (C=O) groups excluding carboxylic acids is 1. The van der Waals surface area contributed by atoms with E-state index in [-0.39, 0.29) is 23.8 Å². The van der Waals surface area contributed by atoms with E-state index in [1.807, 2.05) is 0 Å². The van der Waals surface area contributed by atoms with Crippen LogP contribution >= 0.6 is 15.9 Å². The van der Waals surface area contributed by atoms with Crippen molar-refractivity contribution < 1.29 is 19.4 Å². The summed E-state index contributed by atoms with van der Waals surface area (Å²) < 4.78 is 5.34. The number of amides is 1. The number of rotatable bonds is 7. The first-order chi connectivity index (χ1) is 9.04. The van der Waals surface area contributed by atoms with Gasteiger partial charge in [-0.05, 0) is 22.0 Å². The lowest BCUT2D eigenvalue weighted by atomic mass is 10.2. The fraction of sp³-hybridized carbons (Fsp3) is 0.364. The third-order valence-electron chi connectivity index (χ3n) is 2.13. The van der Waals surface area contributed by atoms with E-state index in [2.05, 4.69) is 31.5 Å². The molecular formula is C11H14BrN3O4. The van der Waals surface area contributed by atoms with Crippen molar-refractivity contribution in [1.29, 1.82) is 0 Å². The molecule has 7 nitrogen and oxygen atoms in total. The number of carboxylic acid groups (broad SMARTS) is 1. The van der Waals surface area contributed by atoms with Crippen LogP contribution in [0.2, 0.25) is 0 Å². The predicted molar refractivity (Wildman–Crippen MR) is 72.3 cm³/mol. The molecule has 0 unspecified atom stereocenters. The molecule has 104 valence electrons. The van der Waals surface area contributed by atoms with Gasteiger partial charge in [-0.2, -0.15) is 0 Å². The number of hydrogen-bond acceptors (Lipinski definition) is 5. The minimum atomic E-state index is -1.11. The van der Waals surface area contributed by atoms with Crippen LogP contribution in [-0.4, -0.2) is 48.8 Å². The van der Waals surface area contributed by atoms with Crippen LogP contribution in [-0.2, 0) is 9.53 Å². The second-order valence-corrected chi connectivity index (χ2v) is 4.47. The van der Waals surface area contributed by atoms with Gasteiger partial charge < -0.3 is 20.5 Å². The molecule has 1 aromatic rings. The second-order valence-electron chi connectivity index (χ2n) is 3.55. The third kappa shape index (κ3) is 5.23. The molecule has 0 radical (unpaired) electrons. The number of aromatic nitrogens is 1. The van der Waals surface area contributed by atoms with Gasteiger partial charge in [0.2, 0.25) is 5.91 Å². The number of nitrogens with zero attached hydrogens (tertiary/aromatic N) is 1. The first-order valence-electron chi connectivity index (χ1n) is 5.43. The summed E-state index contributed by atoms with van der Waals surface area (Å²) in [5, 5.41) is 14.3. The first kappa shape index (κ1) is 15.4. The molecule has 0 aliphatic heterocycles. The van der Waals surface area contributed by atoms with Crippen molar-refractivity contribution in [3.8, 4) is 0 Å². The number of halogens is 1. The summed E-state index contributed by atoms with van der Waals surface area (Å²) in [6, 6.07) is 1.42. The SMILES string of the molecule is COCCNC(=O)CNc1ncc(Br)cc1C(=O)O. The van der Waals surface area contributed by atoms with E-state index < -0.39 is 5.97 Å². The largest absolute Gasteiger partial charge is 0.478 e. The molecule has 8 heteroatoms. The van der Waals surface area contributed by atoms with Crippen LogP contribution in [0.4, 0.5) is 5.82 Å². The Morgan fingerprint density at radius 3 is 2.89 bits per heavy atom. The van der Waals surface area contributed by atoms with E-state index in [0.717, 1.165) is 0 Å². The van der Waals surface area contributed by atoms with Crippen LogP contribution in [0, 0.1) is 0 Å². The molecule has 19 heavy (non-hydrogen) atoms. The van der Waals surface area contributed by atoms with Crippen LogP contribution in [0.5, 0.6) is 0 Å². The highest BCUT2D eigenvalue weighted by Gasteiger charge is 2.12. The molecule has 1 aromatic heterocycles. The van der Waals surface area contributed by atoms with Crippen molar-refractivity contribution in [3.63, 3.8) is 0 Å². The van der Waals surface area contributed by atoms with Crippen LogP contribution < -0.4 is 10.6 Å². The molecule has 0 fully saturated rings. The van der Waals surface area contributed by atoms with Crippen molar-refractivity contribution in [2.45, 2.75) is 0 Å². The number of nitrogens with one attached hydrogen (secondary N) is 2. The maximum Gasteiger partial charge on any atom is 0.339 e. The van der Waals surface area contributed by atoms with Crippen LogP contribution in [0.25, 0.3) is 0 Å². The number of carboxylic acids is 1. The zero-order valence-electron chi connectivity index (χ0n) is 10.3. The summed E-state index contributed by atoms with van der Waals surface area (Å²) in [5.41, 5.74) is -0.000864. The Balaban J connectivity index is 2.57. The Kier molecular flexibility index (Phi) is 6.23. The molecule has 0 aliphatic rings. The number of aromatic carboxylic acids is 1. The highest BCUT2D eigenvalue weighted by molar-refractivity contribution is 9.10. The van der Waals surface area contributed by atoms with E-state index in [1.54, 1.807) is 0 Å². The molecular weight excluding hydrogens is 318 g/mol. The summed E-state index contributed by atoms with van der Waals surface area (Å²) in [6.07, 6.45) is 1.46. The third-order valence-corrected chi connectivity index (χ3v) is 2.56. The number of pyridine rings is 1. The number of anilines is 1. The van der Waals surface area contributed by atoms with Crippen LogP contribution in [0.15, 0.2) is 16.7 Å². The highest BCUT2D eigenvalue weighted by Crippen LogP contribution is 2.17. The van der Waals surface area contributed by atoms with Crippen molar-refractivity contribution in [3.05, 3.63) is 22.3 Å². The standard InChI is InChI=1S/C11H14BrN3O4/c1-19-3-2-13-9(16)6-15-10-8(11(17)18)4-7(12)5-14-10/h4-5H,2-3,6H2,1H3,(H,13,16)(H,14,15)(H,17,18). The lowest BCUT2D eigenvalue weighted by Crippen LogP contribution is -2.32.